The van der Waals surface area contributed by atoms with Gasteiger partial charge in [-0.15, -0.1) is 0 Å². The first-order valence-electron chi connectivity index (χ1n) is 9.69. The number of aromatic nitrogens is 2. The third kappa shape index (κ3) is 4.81. The van der Waals surface area contributed by atoms with Crippen LogP contribution in [0, 0.1) is 5.82 Å². The standard InChI is InChI=1S/C24H19FN4O3/c25-20-7-6-17(26)13-19(20)16-4-1-3-15(11-16)12-21-23(28-9-8-27-21)29-22(24(30)31)14-18-5-2-10-32-18/h1-11,13-14H,12,26H2,(H,28,29)(H,30,31)/b22-14-. The molecule has 160 valence electrons. The molecule has 0 atom stereocenters. The number of hydrogen-bond donors (Lipinski definition) is 3. The van der Waals surface area contributed by atoms with Gasteiger partial charge in [0.05, 0.1) is 12.0 Å². The zero-order chi connectivity index (χ0) is 22.5. The summed E-state index contributed by atoms with van der Waals surface area (Å²) < 4.78 is 19.5. The normalized spacial score (nSPS) is 11.3. The number of nitrogens with two attached hydrogens (primary N) is 1. The molecule has 32 heavy (non-hydrogen) atoms. The van der Waals surface area contributed by atoms with Crippen LogP contribution in [0.1, 0.15) is 17.0 Å². The van der Waals surface area contributed by atoms with Gasteiger partial charge in [0.2, 0.25) is 0 Å². The van der Waals surface area contributed by atoms with Crippen LogP contribution in [-0.2, 0) is 11.2 Å². The maximum Gasteiger partial charge on any atom is 0.352 e. The number of nitrogen functional groups attached to an aromatic ring is 1. The van der Waals surface area contributed by atoms with Crippen LogP contribution >= 0.6 is 0 Å². The molecule has 7 nitrogen and oxygen atoms in total. The summed E-state index contributed by atoms with van der Waals surface area (Å²) >= 11 is 0. The van der Waals surface area contributed by atoms with Crippen molar-refractivity contribution in [2.45, 2.75) is 6.42 Å². The molecular weight excluding hydrogens is 411 g/mol. The molecule has 0 aliphatic carbocycles. The van der Waals surface area contributed by atoms with Gasteiger partial charge in [0.15, 0.2) is 5.82 Å². The highest BCUT2D eigenvalue weighted by Crippen LogP contribution is 2.27. The molecular formula is C24H19FN4O3. The minimum absolute atomic E-state index is 0.114. The maximum absolute atomic E-state index is 14.3. The minimum atomic E-state index is -1.17. The summed E-state index contributed by atoms with van der Waals surface area (Å²) in [4.78, 5) is 20.3. The second-order valence-electron chi connectivity index (χ2n) is 6.97. The number of anilines is 2. The van der Waals surface area contributed by atoms with E-state index in [9.17, 15) is 14.3 Å². The van der Waals surface area contributed by atoms with Gasteiger partial charge in [0.25, 0.3) is 0 Å². The highest BCUT2D eigenvalue weighted by molar-refractivity contribution is 5.95. The van der Waals surface area contributed by atoms with E-state index in [0.29, 0.717) is 40.5 Å². The van der Waals surface area contributed by atoms with Crippen molar-refractivity contribution in [3.63, 3.8) is 0 Å². The molecule has 4 N–H and O–H groups in total. The van der Waals surface area contributed by atoms with Gasteiger partial charge in [-0.2, -0.15) is 0 Å². The molecule has 0 fully saturated rings. The molecule has 8 heteroatoms. The van der Waals surface area contributed by atoms with Crippen molar-refractivity contribution < 1.29 is 18.7 Å². The molecule has 0 spiro atoms. The molecule has 0 bridgehead atoms. The first-order valence-corrected chi connectivity index (χ1v) is 9.69. The van der Waals surface area contributed by atoms with E-state index in [-0.39, 0.29) is 11.5 Å². The molecule has 0 radical (unpaired) electrons. The quantitative estimate of drug-likeness (QED) is 0.290. The number of carboxylic acid groups (broad SMARTS) is 1. The van der Waals surface area contributed by atoms with E-state index in [1.54, 1.807) is 24.3 Å². The molecule has 2 aromatic carbocycles. The molecule has 4 aromatic rings. The molecule has 4 rings (SSSR count). The average molecular weight is 430 g/mol. The van der Waals surface area contributed by atoms with Gasteiger partial charge in [-0.1, -0.05) is 24.3 Å². The number of rotatable bonds is 7. The van der Waals surface area contributed by atoms with Gasteiger partial charge in [-0.3, -0.25) is 4.98 Å². The van der Waals surface area contributed by atoms with Crippen molar-refractivity contribution in [2.75, 3.05) is 11.1 Å². The lowest BCUT2D eigenvalue weighted by molar-refractivity contribution is -0.132. The summed E-state index contributed by atoms with van der Waals surface area (Å²) in [5.74, 6) is -0.852. The van der Waals surface area contributed by atoms with Gasteiger partial charge in [0.1, 0.15) is 17.3 Å². The van der Waals surface area contributed by atoms with Crippen molar-refractivity contribution >= 4 is 23.6 Å². The molecule has 0 aliphatic heterocycles. The Morgan fingerprint density at radius 2 is 1.97 bits per heavy atom. The number of benzene rings is 2. The number of nitrogens with one attached hydrogen (secondary N) is 1. The third-order valence-electron chi connectivity index (χ3n) is 4.69. The summed E-state index contributed by atoms with van der Waals surface area (Å²) in [7, 11) is 0. The van der Waals surface area contributed by atoms with E-state index in [1.165, 1.54) is 36.9 Å². The van der Waals surface area contributed by atoms with E-state index in [4.69, 9.17) is 10.2 Å². The SMILES string of the molecule is Nc1ccc(F)c(-c2cccc(Cc3nccnc3N/C(=C\c3ccco3)C(=O)O)c2)c1. The number of carbonyl (C=O) groups is 1. The lowest BCUT2D eigenvalue weighted by Gasteiger charge is -2.11. The second-order valence-corrected chi connectivity index (χ2v) is 6.97. The number of halogens is 1. The van der Waals surface area contributed by atoms with Gasteiger partial charge in [0, 0.05) is 36.1 Å². The second kappa shape index (κ2) is 9.13. The van der Waals surface area contributed by atoms with Crippen molar-refractivity contribution in [3.05, 3.63) is 102 Å². The van der Waals surface area contributed by atoms with E-state index in [0.717, 1.165) is 5.56 Å². The highest BCUT2D eigenvalue weighted by Gasteiger charge is 2.14. The summed E-state index contributed by atoms with van der Waals surface area (Å²) in [5.41, 5.74) is 8.62. The van der Waals surface area contributed by atoms with Gasteiger partial charge >= 0.3 is 5.97 Å². The van der Waals surface area contributed by atoms with Gasteiger partial charge in [-0.05, 0) is 41.5 Å². The average Bonchev–Trinajstić information content (AvgIpc) is 3.29. The summed E-state index contributed by atoms with van der Waals surface area (Å²) in [6.07, 6.45) is 6.16. The van der Waals surface area contributed by atoms with E-state index in [2.05, 4.69) is 15.3 Å². The number of carboxylic acids is 1. The number of aliphatic carboxylic acids is 1. The van der Waals surface area contributed by atoms with Crippen LogP contribution in [0.25, 0.3) is 17.2 Å². The number of hydrogen-bond acceptors (Lipinski definition) is 6. The summed E-state index contributed by atoms with van der Waals surface area (Å²) in [6.45, 7) is 0. The van der Waals surface area contributed by atoms with Crippen molar-refractivity contribution in [1.82, 2.24) is 9.97 Å². The summed E-state index contributed by atoms with van der Waals surface area (Å²) in [5, 5.41) is 12.4. The molecule has 0 saturated heterocycles. The number of furan rings is 1. The Morgan fingerprint density at radius 3 is 2.75 bits per heavy atom. The fraction of sp³-hybridized carbons (Fsp3) is 0.0417. The van der Waals surface area contributed by atoms with Gasteiger partial charge in [-0.25, -0.2) is 14.2 Å². The lowest BCUT2D eigenvalue weighted by Crippen LogP contribution is -2.13. The molecule has 0 aliphatic rings. The van der Waals surface area contributed by atoms with E-state index < -0.39 is 5.97 Å². The van der Waals surface area contributed by atoms with Crippen molar-refractivity contribution in [2.24, 2.45) is 0 Å². The smallest absolute Gasteiger partial charge is 0.352 e. The zero-order valence-corrected chi connectivity index (χ0v) is 16.8. The van der Waals surface area contributed by atoms with Crippen LogP contribution in [0.4, 0.5) is 15.9 Å². The Labute approximate surface area is 183 Å². The Balaban J connectivity index is 1.63. The van der Waals surface area contributed by atoms with Crippen LogP contribution in [0.5, 0.6) is 0 Å². The van der Waals surface area contributed by atoms with Gasteiger partial charge < -0.3 is 20.6 Å². The summed E-state index contributed by atoms with van der Waals surface area (Å²) in [6, 6.07) is 15.1. The lowest BCUT2D eigenvalue weighted by atomic mass is 10.00. The minimum Gasteiger partial charge on any atom is -0.477 e. The van der Waals surface area contributed by atoms with E-state index >= 15 is 0 Å². The highest BCUT2D eigenvalue weighted by atomic mass is 19.1. The molecule has 2 heterocycles. The molecule has 0 unspecified atom stereocenters. The fourth-order valence-corrected chi connectivity index (χ4v) is 3.20. The Hall–Kier alpha value is -4.46. The van der Waals surface area contributed by atoms with Crippen molar-refractivity contribution in [1.29, 1.82) is 0 Å². The molecule has 0 saturated carbocycles. The van der Waals surface area contributed by atoms with Crippen LogP contribution < -0.4 is 11.1 Å². The maximum atomic E-state index is 14.3. The van der Waals surface area contributed by atoms with Crippen molar-refractivity contribution in [3.8, 4) is 11.1 Å². The van der Waals surface area contributed by atoms with Crippen LogP contribution in [0.15, 0.2) is 83.4 Å². The third-order valence-corrected chi connectivity index (χ3v) is 4.69. The first kappa shape index (κ1) is 20.8. The predicted octanol–water partition coefficient (Wildman–Crippen LogP) is 4.59. The largest absolute Gasteiger partial charge is 0.477 e. The Morgan fingerprint density at radius 1 is 1.12 bits per heavy atom. The Kier molecular flexibility index (Phi) is 5.94. The van der Waals surface area contributed by atoms with E-state index in [1.807, 2.05) is 18.2 Å². The molecule has 2 aromatic heterocycles. The van der Waals surface area contributed by atoms with Crippen LogP contribution in [-0.4, -0.2) is 21.0 Å². The predicted molar refractivity (Wildman–Crippen MR) is 119 cm³/mol. The topological polar surface area (TPSA) is 114 Å². The Bertz CT molecular complexity index is 1290. The molecule has 0 amide bonds. The van der Waals surface area contributed by atoms with Crippen LogP contribution in [0.2, 0.25) is 0 Å². The number of nitrogens with zero attached hydrogens (tertiary/aromatic N) is 2. The van der Waals surface area contributed by atoms with Crippen LogP contribution in [0.3, 0.4) is 0 Å². The first-order chi connectivity index (χ1) is 15.5. The zero-order valence-electron chi connectivity index (χ0n) is 16.8. The monoisotopic (exact) mass is 430 g/mol. The fourth-order valence-electron chi connectivity index (χ4n) is 3.20.